The fraction of sp³-hybridized carbons (Fsp3) is 0.526. The standard InChI is InChI=1S/C19H24N2O4S/c1-8(2)14-11-5-6-12(14)16(19(24)25)15(11)18(23)21-20-17(22)13-7-26-10(4)9(13)3/h7,11-12,15-16H,5-6H2,1-4H3,(H,20,22)(H,21,23)(H,24,25)/t11-,12+,15+,16-/m0/s1. The van der Waals surface area contributed by atoms with Gasteiger partial charge in [-0.05, 0) is 57.9 Å². The van der Waals surface area contributed by atoms with Gasteiger partial charge in [-0.3, -0.25) is 25.2 Å². The Kier molecular flexibility index (Phi) is 4.92. The van der Waals surface area contributed by atoms with Gasteiger partial charge in [-0.25, -0.2) is 0 Å². The molecule has 2 amide bonds. The summed E-state index contributed by atoms with van der Waals surface area (Å²) in [5, 5.41) is 11.4. The highest BCUT2D eigenvalue weighted by molar-refractivity contribution is 7.10. The van der Waals surface area contributed by atoms with E-state index in [0.717, 1.165) is 34.4 Å². The van der Waals surface area contributed by atoms with E-state index >= 15 is 0 Å². The van der Waals surface area contributed by atoms with E-state index in [0.29, 0.717) is 5.56 Å². The van der Waals surface area contributed by atoms with Gasteiger partial charge in [-0.2, -0.15) is 0 Å². The highest BCUT2D eigenvalue weighted by Crippen LogP contribution is 2.57. The molecule has 26 heavy (non-hydrogen) atoms. The topological polar surface area (TPSA) is 95.5 Å². The zero-order valence-corrected chi connectivity index (χ0v) is 16.2. The van der Waals surface area contributed by atoms with Gasteiger partial charge in [0.2, 0.25) is 5.91 Å². The van der Waals surface area contributed by atoms with E-state index < -0.39 is 23.7 Å². The molecule has 7 heteroatoms. The first-order valence-electron chi connectivity index (χ1n) is 8.79. The molecule has 2 aliphatic carbocycles. The van der Waals surface area contributed by atoms with E-state index in [1.54, 1.807) is 5.38 Å². The smallest absolute Gasteiger partial charge is 0.307 e. The van der Waals surface area contributed by atoms with E-state index in [1.165, 1.54) is 11.3 Å². The molecular formula is C19H24N2O4S. The maximum Gasteiger partial charge on any atom is 0.307 e. The molecule has 140 valence electrons. The Morgan fingerprint density at radius 2 is 1.69 bits per heavy atom. The molecule has 0 spiro atoms. The Hall–Kier alpha value is -2.15. The van der Waals surface area contributed by atoms with Crippen molar-refractivity contribution in [2.45, 2.75) is 40.5 Å². The summed E-state index contributed by atoms with van der Waals surface area (Å²) in [5.74, 6) is -3.21. The molecule has 2 saturated carbocycles. The van der Waals surface area contributed by atoms with Gasteiger partial charge in [0.05, 0.1) is 17.4 Å². The number of carbonyl (C=O) groups excluding carboxylic acids is 2. The van der Waals surface area contributed by atoms with Crippen molar-refractivity contribution in [2.24, 2.45) is 23.7 Å². The monoisotopic (exact) mass is 376 g/mol. The van der Waals surface area contributed by atoms with Crippen molar-refractivity contribution >= 4 is 29.1 Å². The van der Waals surface area contributed by atoms with Gasteiger partial charge >= 0.3 is 5.97 Å². The predicted octanol–water partition coefficient (Wildman–Crippen LogP) is 2.82. The number of carboxylic acids is 1. The lowest BCUT2D eigenvalue weighted by Gasteiger charge is -2.26. The molecule has 1 heterocycles. The van der Waals surface area contributed by atoms with Crippen molar-refractivity contribution in [1.29, 1.82) is 0 Å². The molecule has 2 fully saturated rings. The van der Waals surface area contributed by atoms with Crippen molar-refractivity contribution < 1.29 is 19.5 Å². The third-order valence-electron chi connectivity index (χ3n) is 5.84. The summed E-state index contributed by atoms with van der Waals surface area (Å²) in [4.78, 5) is 37.9. The van der Waals surface area contributed by atoms with Crippen LogP contribution in [0.4, 0.5) is 0 Å². The lowest BCUT2D eigenvalue weighted by Crippen LogP contribution is -2.48. The number of carboxylic acid groups (broad SMARTS) is 1. The Morgan fingerprint density at radius 1 is 1.08 bits per heavy atom. The summed E-state index contributed by atoms with van der Waals surface area (Å²) in [6.07, 6.45) is 1.63. The van der Waals surface area contributed by atoms with Crippen LogP contribution in [0, 0.1) is 37.5 Å². The van der Waals surface area contributed by atoms with Gasteiger partial charge in [0.15, 0.2) is 0 Å². The number of rotatable bonds is 3. The molecule has 2 bridgehead atoms. The van der Waals surface area contributed by atoms with Gasteiger partial charge in [-0.15, -0.1) is 11.3 Å². The minimum atomic E-state index is -0.938. The van der Waals surface area contributed by atoms with Crippen LogP contribution in [-0.2, 0) is 9.59 Å². The van der Waals surface area contributed by atoms with Gasteiger partial charge in [-0.1, -0.05) is 11.1 Å². The third-order valence-corrected chi connectivity index (χ3v) is 6.85. The number of hydrazine groups is 1. The van der Waals surface area contributed by atoms with Crippen LogP contribution in [0.15, 0.2) is 16.5 Å². The summed E-state index contributed by atoms with van der Waals surface area (Å²) in [6.45, 7) is 7.75. The van der Waals surface area contributed by atoms with Crippen molar-refractivity contribution in [1.82, 2.24) is 10.9 Å². The van der Waals surface area contributed by atoms with E-state index in [4.69, 9.17) is 0 Å². The highest BCUT2D eigenvalue weighted by Gasteiger charge is 2.57. The maximum absolute atomic E-state index is 12.7. The third kappa shape index (κ3) is 2.94. The number of hydrogen-bond donors (Lipinski definition) is 3. The number of hydrogen-bond acceptors (Lipinski definition) is 4. The first kappa shape index (κ1) is 18.6. The van der Waals surface area contributed by atoms with E-state index in [2.05, 4.69) is 10.9 Å². The fourth-order valence-electron chi connectivity index (χ4n) is 4.61. The van der Waals surface area contributed by atoms with Crippen LogP contribution in [0.3, 0.4) is 0 Å². The van der Waals surface area contributed by atoms with Crippen LogP contribution in [0.5, 0.6) is 0 Å². The van der Waals surface area contributed by atoms with E-state index in [-0.39, 0.29) is 17.7 Å². The second-order valence-electron chi connectivity index (χ2n) is 7.41. The molecule has 0 radical (unpaired) electrons. The summed E-state index contributed by atoms with van der Waals surface area (Å²) >= 11 is 1.48. The van der Waals surface area contributed by atoms with Crippen molar-refractivity contribution in [3.63, 3.8) is 0 Å². The lowest BCUT2D eigenvalue weighted by atomic mass is 9.79. The van der Waals surface area contributed by atoms with Crippen LogP contribution < -0.4 is 10.9 Å². The van der Waals surface area contributed by atoms with Crippen molar-refractivity contribution in [2.75, 3.05) is 0 Å². The Balaban J connectivity index is 1.75. The van der Waals surface area contributed by atoms with Crippen LogP contribution >= 0.6 is 11.3 Å². The Labute approximate surface area is 156 Å². The average molecular weight is 376 g/mol. The number of allylic oxidation sites excluding steroid dienone is 2. The quantitative estimate of drug-likeness (QED) is 0.558. The molecule has 3 rings (SSSR count). The van der Waals surface area contributed by atoms with Crippen LogP contribution in [0.1, 0.15) is 47.5 Å². The second-order valence-corrected chi connectivity index (χ2v) is 8.49. The summed E-state index contributed by atoms with van der Waals surface area (Å²) in [7, 11) is 0. The molecule has 6 nitrogen and oxygen atoms in total. The first-order chi connectivity index (χ1) is 12.2. The minimum Gasteiger partial charge on any atom is -0.481 e. The number of thiophene rings is 1. The van der Waals surface area contributed by atoms with Crippen molar-refractivity contribution in [3.05, 3.63) is 32.5 Å². The Morgan fingerprint density at radius 3 is 2.19 bits per heavy atom. The summed E-state index contributed by atoms with van der Waals surface area (Å²) < 4.78 is 0. The number of aliphatic carboxylic acids is 1. The average Bonchev–Trinajstić information content (AvgIpc) is 3.24. The van der Waals surface area contributed by atoms with E-state index in [9.17, 15) is 19.5 Å². The molecule has 0 saturated heterocycles. The molecule has 1 aromatic heterocycles. The van der Waals surface area contributed by atoms with Gasteiger partial charge < -0.3 is 5.11 Å². The van der Waals surface area contributed by atoms with E-state index in [1.807, 2.05) is 27.7 Å². The largest absolute Gasteiger partial charge is 0.481 e. The molecule has 0 aromatic carbocycles. The molecule has 0 aliphatic heterocycles. The SMILES string of the molecule is CC(C)=C1[C@H]2CC[C@@H]1[C@@H](C(=O)NNC(=O)c1csc(C)c1C)[C@H]2C(=O)O. The number of carbonyl (C=O) groups is 3. The van der Waals surface area contributed by atoms with Crippen LogP contribution in [0.25, 0.3) is 0 Å². The normalized spacial score (nSPS) is 26.7. The zero-order valence-electron chi connectivity index (χ0n) is 15.4. The molecule has 2 aliphatic rings. The van der Waals surface area contributed by atoms with Crippen LogP contribution in [-0.4, -0.2) is 22.9 Å². The number of nitrogens with one attached hydrogen (secondary N) is 2. The number of aryl methyl sites for hydroxylation is 1. The predicted molar refractivity (Wildman–Crippen MR) is 98.6 cm³/mol. The molecule has 3 N–H and O–H groups in total. The molecule has 4 atom stereocenters. The number of fused-ring (bicyclic) bond motifs is 2. The highest BCUT2D eigenvalue weighted by atomic mass is 32.1. The molecular weight excluding hydrogens is 352 g/mol. The number of amides is 2. The van der Waals surface area contributed by atoms with Gasteiger partial charge in [0.1, 0.15) is 0 Å². The molecule has 0 unspecified atom stereocenters. The van der Waals surface area contributed by atoms with Crippen LogP contribution in [0.2, 0.25) is 0 Å². The Bertz CT molecular complexity index is 806. The zero-order chi connectivity index (χ0) is 19.2. The van der Waals surface area contributed by atoms with Crippen molar-refractivity contribution in [3.8, 4) is 0 Å². The fourth-order valence-corrected chi connectivity index (χ4v) is 5.48. The maximum atomic E-state index is 12.7. The van der Waals surface area contributed by atoms with Gasteiger partial charge in [0.25, 0.3) is 5.91 Å². The van der Waals surface area contributed by atoms with Gasteiger partial charge in [0, 0.05) is 10.3 Å². The lowest BCUT2D eigenvalue weighted by molar-refractivity contribution is -0.149. The molecule has 1 aromatic rings. The second kappa shape index (κ2) is 6.87. The minimum absolute atomic E-state index is 0.0480. The first-order valence-corrected chi connectivity index (χ1v) is 9.67. The summed E-state index contributed by atoms with van der Waals surface area (Å²) in [6, 6.07) is 0. The summed E-state index contributed by atoms with van der Waals surface area (Å²) in [5.41, 5.74) is 8.56.